The Balaban J connectivity index is 4.44. The molecular formula is C40H80N2O6P+. The second-order valence-electron chi connectivity index (χ2n) is 15.0. The summed E-state index contributed by atoms with van der Waals surface area (Å²) < 4.78 is 23.4. The van der Waals surface area contributed by atoms with E-state index < -0.39 is 20.0 Å². The van der Waals surface area contributed by atoms with E-state index in [9.17, 15) is 19.4 Å². The largest absolute Gasteiger partial charge is 0.472 e. The van der Waals surface area contributed by atoms with Crippen LogP contribution in [0.4, 0.5) is 0 Å². The lowest BCUT2D eigenvalue weighted by Crippen LogP contribution is -2.45. The van der Waals surface area contributed by atoms with Crippen molar-refractivity contribution in [3.63, 3.8) is 0 Å². The molecule has 0 aromatic rings. The summed E-state index contributed by atoms with van der Waals surface area (Å²) in [4.78, 5) is 22.9. The lowest BCUT2D eigenvalue weighted by molar-refractivity contribution is -0.870. The lowest BCUT2D eigenvalue weighted by atomic mass is 10.0. The molecule has 0 fully saturated rings. The van der Waals surface area contributed by atoms with E-state index >= 15 is 0 Å². The smallest absolute Gasteiger partial charge is 0.387 e. The van der Waals surface area contributed by atoms with Gasteiger partial charge in [0.2, 0.25) is 5.91 Å². The van der Waals surface area contributed by atoms with Crippen LogP contribution in [0.15, 0.2) is 24.3 Å². The van der Waals surface area contributed by atoms with E-state index in [1.54, 1.807) is 6.08 Å². The van der Waals surface area contributed by atoms with Crippen LogP contribution < -0.4 is 5.32 Å². The maximum Gasteiger partial charge on any atom is 0.472 e. The molecule has 0 aromatic heterocycles. The number of hydrogen-bond acceptors (Lipinski definition) is 5. The average molecular weight is 716 g/mol. The van der Waals surface area contributed by atoms with Crippen molar-refractivity contribution in [1.29, 1.82) is 0 Å². The van der Waals surface area contributed by atoms with Crippen molar-refractivity contribution in [2.75, 3.05) is 40.9 Å². The van der Waals surface area contributed by atoms with Crippen molar-refractivity contribution in [1.82, 2.24) is 5.32 Å². The second-order valence-corrected chi connectivity index (χ2v) is 16.5. The van der Waals surface area contributed by atoms with Crippen LogP contribution in [0.5, 0.6) is 0 Å². The number of carbonyl (C=O) groups excluding carboxylic acids is 1. The zero-order valence-corrected chi connectivity index (χ0v) is 33.6. The van der Waals surface area contributed by atoms with Crippen LogP contribution in [-0.2, 0) is 18.4 Å². The van der Waals surface area contributed by atoms with Gasteiger partial charge in [-0.25, -0.2) is 4.57 Å². The predicted molar refractivity (Wildman–Crippen MR) is 208 cm³/mol. The standard InChI is InChI=1S/C40H79N2O6P/c1-6-8-10-12-14-16-17-18-19-20-21-22-23-24-26-27-29-31-33-39(43)38(37-48-49(45,46)47-36-35-42(3,4)5)41-40(44)34-32-30-28-25-15-13-11-9-7-2/h25,28,31,33,38-39,43H,6-24,26-27,29-30,32,34-37H2,1-5H3,(H-,41,44,45,46)/p+1/b28-25-,33-31+. The lowest BCUT2D eigenvalue weighted by Gasteiger charge is -2.25. The molecule has 8 nitrogen and oxygen atoms in total. The highest BCUT2D eigenvalue weighted by Crippen LogP contribution is 2.43. The number of likely N-dealkylation sites (N-methyl/N-ethyl adjacent to an activating group) is 1. The van der Waals surface area contributed by atoms with Gasteiger partial charge in [0, 0.05) is 6.42 Å². The van der Waals surface area contributed by atoms with Gasteiger partial charge in [0.1, 0.15) is 13.2 Å². The maximum atomic E-state index is 12.7. The third-order valence-electron chi connectivity index (χ3n) is 8.92. The molecule has 0 radical (unpaired) electrons. The van der Waals surface area contributed by atoms with Gasteiger partial charge in [-0.3, -0.25) is 13.8 Å². The molecule has 290 valence electrons. The number of unbranched alkanes of at least 4 members (excludes halogenated alkanes) is 21. The molecule has 0 aliphatic carbocycles. The number of phosphoric acid groups is 1. The number of allylic oxidation sites excluding steroid dienone is 3. The molecule has 3 unspecified atom stereocenters. The van der Waals surface area contributed by atoms with Gasteiger partial charge in [-0.15, -0.1) is 0 Å². The minimum absolute atomic E-state index is 0.0577. The quantitative estimate of drug-likeness (QED) is 0.0258. The van der Waals surface area contributed by atoms with Gasteiger partial charge in [-0.05, 0) is 38.5 Å². The highest BCUT2D eigenvalue weighted by molar-refractivity contribution is 7.47. The molecule has 49 heavy (non-hydrogen) atoms. The number of aliphatic hydroxyl groups excluding tert-OH is 1. The number of aliphatic hydroxyl groups is 1. The number of amides is 1. The van der Waals surface area contributed by atoms with E-state index in [0.717, 1.165) is 32.1 Å². The van der Waals surface area contributed by atoms with Gasteiger partial charge in [0.05, 0.1) is 39.9 Å². The van der Waals surface area contributed by atoms with Crippen molar-refractivity contribution < 1.29 is 32.9 Å². The molecule has 0 saturated carbocycles. The van der Waals surface area contributed by atoms with Crippen molar-refractivity contribution in [2.45, 2.75) is 187 Å². The van der Waals surface area contributed by atoms with Crippen LogP contribution in [0.2, 0.25) is 0 Å². The van der Waals surface area contributed by atoms with Gasteiger partial charge in [-0.2, -0.15) is 0 Å². The summed E-state index contributed by atoms with van der Waals surface area (Å²) in [5.41, 5.74) is 0. The SMILES string of the molecule is CCCCCC/C=C\CCCC(=O)NC(COP(=O)(O)OCC[N+](C)(C)C)C(O)/C=C/CCCCCCCCCCCCCCCCCC. The topological polar surface area (TPSA) is 105 Å². The van der Waals surface area contributed by atoms with E-state index in [4.69, 9.17) is 9.05 Å². The Bertz CT molecular complexity index is 860. The summed E-state index contributed by atoms with van der Waals surface area (Å²) in [6.07, 6.45) is 36.9. The summed E-state index contributed by atoms with van der Waals surface area (Å²) in [6, 6.07) is -0.855. The number of carbonyl (C=O) groups is 1. The van der Waals surface area contributed by atoms with E-state index in [0.29, 0.717) is 23.9 Å². The molecule has 1 amide bonds. The van der Waals surface area contributed by atoms with Crippen molar-refractivity contribution in [3.05, 3.63) is 24.3 Å². The van der Waals surface area contributed by atoms with Crippen molar-refractivity contribution in [3.8, 4) is 0 Å². The maximum absolute atomic E-state index is 12.7. The summed E-state index contributed by atoms with van der Waals surface area (Å²) >= 11 is 0. The highest BCUT2D eigenvalue weighted by atomic mass is 31.2. The highest BCUT2D eigenvalue weighted by Gasteiger charge is 2.27. The van der Waals surface area contributed by atoms with E-state index in [1.165, 1.54) is 116 Å². The fraction of sp³-hybridized carbons (Fsp3) is 0.875. The number of phosphoric ester groups is 1. The van der Waals surface area contributed by atoms with Crippen molar-refractivity contribution >= 4 is 13.7 Å². The molecule has 0 heterocycles. The van der Waals surface area contributed by atoms with Crippen LogP contribution in [-0.4, -0.2) is 73.4 Å². The zero-order chi connectivity index (χ0) is 36.5. The number of nitrogens with one attached hydrogen (secondary N) is 1. The molecule has 0 aromatic carbocycles. The van der Waals surface area contributed by atoms with E-state index in [1.807, 2.05) is 27.2 Å². The predicted octanol–water partition coefficient (Wildman–Crippen LogP) is 10.6. The Labute approximate surface area is 303 Å². The first-order chi connectivity index (χ1) is 23.5. The molecular weight excluding hydrogens is 635 g/mol. The van der Waals surface area contributed by atoms with Gasteiger partial charge in [-0.1, -0.05) is 154 Å². The summed E-state index contributed by atoms with van der Waals surface area (Å²) in [6.45, 7) is 4.74. The Morgan fingerprint density at radius 2 is 1.10 bits per heavy atom. The Morgan fingerprint density at radius 3 is 1.59 bits per heavy atom. The van der Waals surface area contributed by atoms with Gasteiger partial charge in [0.25, 0.3) is 0 Å². The number of rotatable bonds is 36. The molecule has 3 atom stereocenters. The third kappa shape index (κ3) is 35.2. The van der Waals surface area contributed by atoms with Crippen molar-refractivity contribution in [2.24, 2.45) is 0 Å². The summed E-state index contributed by atoms with van der Waals surface area (Å²) in [5, 5.41) is 13.7. The average Bonchev–Trinajstić information content (AvgIpc) is 3.04. The normalized spacial score (nSPS) is 14.8. The van der Waals surface area contributed by atoms with Crippen LogP contribution in [0.1, 0.15) is 174 Å². The fourth-order valence-electron chi connectivity index (χ4n) is 5.63. The molecule has 0 rings (SSSR count). The fourth-order valence-corrected chi connectivity index (χ4v) is 6.37. The molecule has 0 aliphatic heterocycles. The Kier molecular flexibility index (Phi) is 32.2. The minimum atomic E-state index is -4.33. The van der Waals surface area contributed by atoms with Crippen LogP contribution in [0, 0.1) is 0 Å². The molecule has 9 heteroatoms. The molecule has 0 saturated heterocycles. The minimum Gasteiger partial charge on any atom is -0.387 e. The molecule has 0 spiro atoms. The van der Waals surface area contributed by atoms with Crippen LogP contribution >= 0.6 is 7.82 Å². The molecule has 3 N–H and O–H groups in total. The van der Waals surface area contributed by atoms with E-state index in [2.05, 4.69) is 31.3 Å². The van der Waals surface area contributed by atoms with Crippen LogP contribution in [0.25, 0.3) is 0 Å². The first-order valence-electron chi connectivity index (χ1n) is 20.2. The summed E-state index contributed by atoms with van der Waals surface area (Å²) in [5.74, 6) is -0.214. The first-order valence-corrected chi connectivity index (χ1v) is 21.7. The Hall–Kier alpha value is -1.02. The summed E-state index contributed by atoms with van der Waals surface area (Å²) in [7, 11) is 1.56. The zero-order valence-electron chi connectivity index (χ0n) is 32.7. The third-order valence-corrected chi connectivity index (χ3v) is 9.90. The van der Waals surface area contributed by atoms with E-state index in [-0.39, 0.29) is 19.1 Å². The van der Waals surface area contributed by atoms with Gasteiger partial charge >= 0.3 is 7.82 Å². The number of quaternary nitrogens is 1. The van der Waals surface area contributed by atoms with Gasteiger partial charge < -0.3 is 19.8 Å². The number of hydrogen-bond donors (Lipinski definition) is 3. The Morgan fingerprint density at radius 1 is 0.673 bits per heavy atom. The molecule has 0 bridgehead atoms. The monoisotopic (exact) mass is 716 g/mol. The van der Waals surface area contributed by atoms with Gasteiger partial charge in [0.15, 0.2) is 0 Å². The molecule has 0 aliphatic rings. The first kappa shape index (κ1) is 48.0. The van der Waals surface area contributed by atoms with Crippen LogP contribution in [0.3, 0.4) is 0 Å². The second kappa shape index (κ2) is 32.9. The number of nitrogens with zero attached hydrogens (tertiary/aromatic N) is 1.